The van der Waals surface area contributed by atoms with Gasteiger partial charge in [0.2, 0.25) is 0 Å². The van der Waals surface area contributed by atoms with Crippen molar-refractivity contribution in [2.24, 2.45) is 5.41 Å². The number of anilines is 1. The van der Waals surface area contributed by atoms with Crippen molar-refractivity contribution in [2.75, 3.05) is 12.0 Å². The molecule has 32 heavy (non-hydrogen) atoms. The lowest BCUT2D eigenvalue weighted by Crippen LogP contribution is -2.48. The van der Waals surface area contributed by atoms with E-state index >= 15 is 0 Å². The summed E-state index contributed by atoms with van der Waals surface area (Å²) in [5.74, 6) is 0.391. The second-order valence-corrected chi connectivity index (χ2v) is 9.19. The molecule has 1 atom stereocenters. The smallest absolute Gasteiger partial charge is 0.258 e. The Morgan fingerprint density at radius 1 is 1.09 bits per heavy atom. The van der Waals surface area contributed by atoms with Crippen LogP contribution in [0.4, 0.5) is 5.69 Å². The molecule has 1 aliphatic carbocycles. The lowest BCUT2D eigenvalue weighted by molar-refractivity contribution is -0.118. The quantitative estimate of drug-likeness (QED) is 0.770. The Morgan fingerprint density at radius 2 is 1.81 bits per heavy atom. The lowest BCUT2D eigenvalue weighted by Gasteiger charge is -2.46. The van der Waals surface area contributed by atoms with Gasteiger partial charge < -0.3 is 10.1 Å². The first-order valence-corrected chi connectivity index (χ1v) is 10.6. The molecule has 1 amide bonds. The van der Waals surface area contributed by atoms with Crippen LogP contribution >= 0.6 is 0 Å². The average molecular weight is 425 g/mol. The predicted octanol–water partition coefficient (Wildman–Crippen LogP) is 4.42. The van der Waals surface area contributed by atoms with E-state index in [1.165, 1.54) is 0 Å². The number of carbonyl (C=O) groups is 2. The summed E-state index contributed by atoms with van der Waals surface area (Å²) in [4.78, 5) is 28.4. The number of hydrogen-bond donors (Lipinski definition) is 1. The highest BCUT2D eigenvalue weighted by Gasteiger charge is 2.47. The summed E-state index contributed by atoms with van der Waals surface area (Å²) in [6.45, 7) is 4.16. The van der Waals surface area contributed by atoms with Crippen molar-refractivity contribution in [3.05, 3.63) is 82.3 Å². The minimum atomic E-state index is -0.540. The van der Waals surface area contributed by atoms with Crippen LogP contribution in [0.15, 0.2) is 71.2 Å². The molecule has 0 saturated heterocycles. The molecule has 1 unspecified atom stereocenters. The van der Waals surface area contributed by atoms with Crippen molar-refractivity contribution in [3.8, 4) is 11.8 Å². The maximum Gasteiger partial charge on any atom is 0.258 e. The molecule has 0 spiro atoms. The highest BCUT2D eigenvalue weighted by Crippen LogP contribution is 2.51. The molecule has 3 aliphatic rings. The van der Waals surface area contributed by atoms with Gasteiger partial charge in [-0.3, -0.25) is 14.5 Å². The van der Waals surface area contributed by atoms with Gasteiger partial charge in [0.05, 0.1) is 35.9 Å². The van der Waals surface area contributed by atoms with E-state index in [1.54, 1.807) is 13.2 Å². The maximum absolute atomic E-state index is 13.5. The van der Waals surface area contributed by atoms with E-state index < -0.39 is 5.92 Å². The second kappa shape index (κ2) is 7.10. The fourth-order valence-corrected chi connectivity index (χ4v) is 5.04. The van der Waals surface area contributed by atoms with E-state index in [1.807, 2.05) is 47.4 Å². The van der Waals surface area contributed by atoms with Crippen molar-refractivity contribution in [2.45, 2.75) is 32.6 Å². The fraction of sp³-hybridized carbons (Fsp3) is 0.269. The first-order valence-electron chi connectivity index (χ1n) is 10.6. The van der Waals surface area contributed by atoms with Crippen LogP contribution < -0.4 is 15.0 Å². The van der Waals surface area contributed by atoms with Crippen molar-refractivity contribution in [3.63, 3.8) is 0 Å². The monoisotopic (exact) mass is 425 g/mol. The Bertz CT molecular complexity index is 1260. The van der Waals surface area contributed by atoms with Crippen LogP contribution in [0.5, 0.6) is 5.75 Å². The number of ether oxygens (including phenoxy) is 1. The van der Waals surface area contributed by atoms with Gasteiger partial charge >= 0.3 is 0 Å². The first kappa shape index (κ1) is 20.1. The summed E-state index contributed by atoms with van der Waals surface area (Å²) in [5, 5.41) is 13.2. The molecule has 0 bridgehead atoms. The molecule has 6 heteroatoms. The number of amides is 1. The molecular formula is C26H23N3O3. The van der Waals surface area contributed by atoms with Gasteiger partial charge in [0.1, 0.15) is 11.6 Å². The number of rotatable bonds is 2. The second-order valence-electron chi connectivity index (χ2n) is 9.19. The van der Waals surface area contributed by atoms with Gasteiger partial charge in [-0.15, -0.1) is 0 Å². The summed E-state index contributed by atoms with van der Waals surface area (Å²) in [6, 6.07) is 17.0. The summed E-state index contributed by atoms with van der Waals surface area (Å²) in [6.07, 6.45) is 1.07. The third kappa shape index (κ3) is 2.93. The van der Waals surface area contributed by atoms with E-state index in [2.05, 4.69) is 25.2 Å². The Morgan fingerprint density at radius 3 is 2.50 bits per heavy atom. The van der Waals surface area contributed by atoms with Gasteiger partial charge in [0.15, 0.2) is 5.78 Å². The molecule has 160 valence electrons. The zero-order chi connectivity index (χ0) is 22.6. The lowest BCUT2D eigenvalue weighted by atomic mass is 9.68. The van der Waals surface area contributed by atoms with E-state index in [0.717, 1.165) is 11.3 Å². The number of Topliss-reactive ketones (excluding diaryl/α,β-unsaturated/α-hetero) is 1. The molecule has 6 nitrogen and oxygen atoms in total. The van der Waals surface area contributed by atoms with E-state index in [0.29, 0.717) is 46.8 Å². The third-order valence-electron chi connectivity index (χ3n) is 6.41. The summed E-state index contributed by atoms with van der Waals surface area (Å²) in [5.41, 5.74) is 3.68. The van der Waals surface area contributed by atoms with E-state index in [9.17, 15) is 14.9 Å². The molecule has 0 aromatic heterocycles. The van der Waals surface area contributed by atoms with Crippen molar-refractivity contribution < 1.29 is 14.3 Å². The molecule has 0 fully saturated rings. The summed E-state index contributed by atoms with van der Waals surface area (Å²) < 4.78 is 5.28. The molecule has 0 saturated carbocycles. The molecule has 1 N–H and O–H groups in total. The molecular weight excluding hydrogens is 402 g/mol. The number of para-hydroxylation sites is 1. The predicted molar refractivity (Wildman–Crippen MR) is 120 cm³/mol. The van der Waals surface area contributed by atoms with E-state index in [-0.39, 0.29) is 17.1 Å². The topological polar surface area (TPSA) is 82.4 Å². The number of carbonyl (C=O) groups excluding carboxylic acids is 2. The van der Waals surface area contributed by atoms with Crippen molar-refractivity contribution in [1.82, 2.24) is 5.32 Å². The number of allylic oxidation sites excluding steroid dienone is 3. The largest absolute Gasteiger partial charge is 0.497 e. The van der Waals surface area contributed by atoms with Crippen LogP contribution in [0.25, 0.3) is 0 Å². The van der Waals surface area contributed by atoms with Gasteiger partial charge in [-0.2, -0.15) is 5.26 Å². The van der Waals surface area contributed by atoms with Gasteiger partial charge in [-0.1, -0.05) is 38.1 Å². The number of nitrogens with one attached hydrogen (secondary N) is 1. The van der Waals surface area contributed by atoms with Crippen LogP contribution in [0.2, 0.25) is 0 Å². The van der Waals surface area contributed by atoms with Crippen LogP contribution in [0.3, 0.4) is 0 Å². The van der Waals surface area contributed by atoms with Gasteiger partial charge in [-0.25, -0.2) is 0 Å². The highest BCUT2D eigenvalue weighted by molar-refractivity contribution is 6.07. The fourth-order valence-electron chi connectivity index (χ4n) is 5.04. The standard InChI is InChI=1S/C26H23N3O3/c1-26(2)12-20-23(21(30)13-26)22(15-8-10-16(32-3)11-9-15)18(14-27)24-28-25(31)17-6-4-5-7-19(17)29(20)24/h4-11,22H,12-13H2,1-3H3,(H,28,31). The number of nitriles is 1. The highest BCUT2D eigenvalue weighted by atomic mass is 16.5. The Labute approximate surface area is 186 Å². The first-order chi connectivity index (χ1) is 15.3. The van der Waals surface area contributed by atoms with Crippen LogP contribution in [0.1, 0.15) is 48.5 Å². The number of methoxy groups -OCH3 is 1. The van der Waals surface area contributed by atoms with Gasteiger partial charge in [-0.05, 0) is 41.7 Å². The number of ketones is 1. The number of nitrogens with zero attached hydrogens (tertiary/aromatic N) is 2. The zero-order valence-corrected chi connectivity index (χ0v) is 18.2. The number of benzene rings is 2. The zero-order valence-electron chi connectivity index (χ0n) is 18.2. The molecule has 2 aliphatic heterocycles. The van der Waals surface area contributed by atoms with Crippen LogP contribution in [0, 0.1) is 16.7 Å². The minimum Gasteiger partial charge on any atom is -0.497 e. The van der Waals surface area contributed by atoms with Crippen molar-refractivity contribution in [1.29, 1.82) is 5.26 Å². The van der Waals surface area contributed by atoms with Gasteiger partial charge in [0, 0.05) is 17.7 Å². The average Bonchev–Trinajstić information content (AvgIpc) is 2.77. The molecule has 2 aromatic carbocycles. The molecule has 5 rings (SSSR count). The Balaban J connectivity index is 1.80. The molecule has 0 radical (unpaired) electrons. The van der Waals surface area contributed by atoms with Gasteiger partial charge in [0.25, 0.3) is 5.91 Å². The molecule has 2 heterocycles. The number of hydrogen-bond acceptors (Lipinski definition) is 5. The van der Waals surface area contributed by atoms with Crippen LogP contribution in [-0.4, -0.2) is 18.8 Å². The number of fused-ring (bicyclic) bond motifs is 4. The third-order valence-corrected chi connectivity index (χ3v) is 6.41. The van der Waals surface area contributed by atoms with E-state index in [4.69, 9.17) is 4.74 Å². The van der Waals surface area contributed by atoms with Crippen LogP contribution in [-0.2, 0) is 4.79 Å². The summed E-state index contributed by atoms with van der Waals surface area (Å²) in [7, 11) is 1.60. The SMILES string of the molecule is COc1ccc(C2C(C#N)=C3NC(=O)c4ccccc4N3C3=C2C(=O)CC(C)(C)C3)cc1. The Kier molecular flexibility index (Phi) is 4.45. The minimum absolute atomic E-state index is 0.0400. The maximum atomic E-state index is 13.5. The normalized spacial score (nSPS) is 21.3. The molecule has 2 aromatic rings. The summed E-state index contributed by atoms with van der Waals surface area (Å²) >= 11 is 0. The Hall–Kier alpha value is -3.85. The van der Waals surface area contributed by atoms with Crippen molar-refractivity contribution >= 4 is 17.4 Å².